The van der Waals surface area contributed by atoms with Gasteiger partial charge in [-0.05, 0) is 37.4 Å². The van der Waals surface area contributed by atoms with Crippen LogP contribution >= 0.6 is 0 Å². The molecule has 0 aliphatic carbocycles. The van der Waals surface area contributed by atoms with Crippen molar-refractivity contribution in [3.63, 3.8) is 0 Å². The van der Waals surface area contributed by atoms with Gasteiger partial charge < -0.3 is 9.64 Å². The van der Waals surface area contributed by atoms with Crippen LogP contribution in [0.5, 0.6) is 5.75 Å². The first kappa shape index (κ1) is 13.4. The summed E-state index contributed by atoms with van der Waals surface area (Å²) in [5, 5.41) is 8.11. The highest BCUT2D eigenvalue weighted by Crippen LogP contribution is 2.41. The van der Waals surface area contributed by atoms with E-state index in [4.69, 9.17) is 4.74 Å². The topological polar surface area (TPSA) is 61.5 Å². The summed E-state index contributed by atoms with van der Waals surface area (Å²) >= 11 is 0. The highest BCUT2D eigenvalue weighted by atomic mass is 16.5. The second kappa shape index (κ2) is 4.71. The number of piperazine rings is 1. The average Bonchev–Trinajstić information content (AvgIpc) is 3.04. The van der Waals surface area contributed by atoms with Crippen LogP contribution in [-0.2, 0) is 0 Å². The van der Waals surface area contributed by atoms with Crippen LogP contribution in [0.25, 0.3) is 10.9 Å². The van der Waals surface area contributed by atoms with E-state index < -0.39 is 0 Å². The molecule has 1 N–H and O–H groups in total. The van der Waals surface area contributed by atoms with E-state index in [1.54, 1.807) is 7.11 Å². The number of hydrogen-bond donors (Lipinski definition) is 1. The first-order chi connectivity index (χ1) is 11.3. The molecule has 1 aromatic heterocycles. The number of methoxy groups -OCH3 is 1. The van der Waals surface area contributed by atoms with Crippen molar-refractivity contribution >= 4 is 16.8 Å². The zero-order valence-corrected chi connectivity index (χ0v) is 13.2. The Labute approximate surface area is 134 Å². The smallest absolute Gasteiger partial charge is 0.275 e. The maximum Gasteiger partial charge on any atom is 0.275 e. The molecule has 3 bridgehead atoms. The fraction of sp³-hybridized carbons (Fsp3) is 0.529. The van der Waals surface area contributed by atoms with Crippen molar-refractivity contribution < 1.29 is 9.53 Å². The number of fused-ring (bicyclic) bond motifs is 3. The van der Waals surface area contributed by atoms with Crippen LogP contribution in [0.4, 0.5) is 0 Å². The number of carbonyl (C=O) groups excluding carboxylic acids is 1. The predicted molar refractivity (Wildman–Crippen MR) is 85.6 cm³/mol. The lowest BCUT2D eigenvalue weighted by atomic mass is 9.93. The zero-order chi connectivity index (χ0) is 15.6. The molecule has 3 saturated heterocycles. The Kier molecular flexibility index (Phi) is 2.74. The molecule has 1 aromatic carbocycles. The van der Waals surface area contributed by atoms with Crippen LogP contribution in [0.15, 0.2) is 18.2 Å². The fourth-order valence-corrected chi connectivity index (χ4v) is 4.80. The molecule has 5 rings (SSSR count). The van der Waals surface area contributed by atoms with Gasteiger partial charge in [0.25, 0.3) is 5.91 Å². The summed E-state index contributed by atoms with van der Waals surface area (Å²) in [6, 6.07) is 6.42. The summed E-state index contributed by atoms with van der Waals surface area (Å²) in [6.07, 6.45) is 2.36. The highest BCUT2D eigenvalue weighted by Gasteiger charge is 2.51. The highest BCUT2D eigenvalue weighted by molar-refractivity contribution is 6.07. The number of nitrogens with one attached hydrogen (secondary N) is 1. The zero-order valence-electron chi connectivity index (χ0n) is 13.2. The number of aromatic nitrogens is 2. The molecule has 23 heavy (non-hydrogen) atoms. The predicted octanol–water partition coefficient (Wildman–Crippen LogP) is 1.49. The number of benzene rings is 1. The van der Waals surface area contributed by atoms with Gasteiger partial charge in [0.2, 0.25) is 0 Å². The Bertz CT molecular complexity index is 782. The molecule has 3 aliphatic rings. The van der Waals surface area contributed by atoms with Crippen molar-refractivity contribution in [2.45, 2.75) is 24.9 Å². The van der Waals surface area contributed by atoms with Crippen LogP contribution in [0, 0.1) is 5.92 Å². The molecule has 4 unspecified atom stereocenters. The summed E-state index contributed by atoms with van der Waals surface area (Å²) in [5.41, 5.74) is 1.35. The largest absolute Gasteiger partial charge is 0.496 e. The molecule has 6 heteroatoms. The molecule has 0 radical (unpaired) electrons. The molecule has 3 fully saturated rings. The molecule has 0 spiro atoms. The maximum atomic E-state index is 13.2. The van der Waals surface area contributed by atoms with E-state index >= 15 is 0 Å². The number of amides is 1. The molecule has 2 aromatic rings. The van der Waals surface area contributed by atoms with Gasteiger partial charge in [0.15, 0.2) is 5.69 Å². The fourth-order valence-electron chi connectivity index (χ4n) is 4.80. The van der Waals surface area contributed by atoms with Crippen LogP contribution in [0.3, 0.4) is 0 Å². The monoisotopic (exact) mass is 312 g/mol. The molecular formula is C17H20N4O2. The van der Waals surface area contributed by atoms with E-state index in [9.17, 15) is 4.79 Å². The van der Waals surface area contributed by atoms with E-state index in [0.29, 0.717) is 29.4 Å². The number of piperidine rings is 1. The molecule has 0 saturated carbocycles. The van der Waals surface area contributed by atoms with Gasteiger partial charge in [-0.15, -0.1) is 0 Å². The first-order valence-electron chi connectivity index (χ1n) is 8.32. The van der Waals surface area contributed by atoms with Gasteiger partial charge in [-0.25, -0.2) is 0 Å². The Balaban J connectivity index is 1.57. The second-order valence-electron chi connectivity index (χ2n) is 6.93. The Morgan fingerprint density at radius 3 is 3.17 bits per heavy atom. The SMILES string of the molecule is COc1cccc2[nH]nc(C(=O)N3C4CC5CCN(C4)CC53)c12. The number of nitrogens with zero attached hydrogens (tertiary/aromatic N) is 3. The minimum atomic E-state index is 0.0554. The lowest BCUT2D eigenvalue weighted by Crippen LogP contribution is -2.58. The van der Waals surface area contributed by atoms with Crippen molar-refractivity contribution in [2.75, 3.05) is 26.7 Å². The van der Waals surface area contributed by atoms with E-state index in [0.717, 1.165) is 30.4 Å². The Morgan fingerprint density at radius 2 is 2.30 bits per heavy atom. The summed E-state index contributed by atoms with van der Waals surface area (Å²) in [4.78, 5) is 17.9. The van der Waals surface area contributed by atoms with E-state index in [1.165, 1.54) is 13.0 Å². The van der Waals surface area contributed by atoms with Gasteiger partial charge in [0, 0.05) is 25.2 Å². The lowest BCUT2D eigenvalue weighted by molar-refractivity contribution is 0.0258. The molecule has 1 amide bonds. The number of ether oxygens (including phenoxy) is 1. The van der Waals surface area contributed by atoms with E-state index in [-0.39, 0.29) is 5.91 Å². The summed E-state index contributed by atoms with van der Waals surface area (Å²) in [7, 11) is 1.63. The van der Waals surface area contributed by atoms with Crippen LogP contribution in [0.2, 0.25) is 0 Å². The number of aromatic amines is 1. The number of carbonyl (C=O) groups is 1. The number of rotatable bonds is 2. The molecular weight excluding hydrogens is 292 g/mol. The summed E-state index contributed by atoms with van der Waals surface area (Å²) in [6.45, 7) is 3.23. The van der Waals surface area contributed by atoms with Gasteiger partial charge in [-0.1, -0.05) is 6.07 Å². The van der Waals surface area contributed by atoms with Crippen molar-refractivity contribution in [3.8, 4) is 5.75 Å². The third-order valence-corrected chi connectivity index (χ3v) is 5.81. The van der Waals surface area contributed by atoms with Crippen molar-refractivity contribution in [3.05, 3.63) is 23.9 Å². The molecule has 4 atom stereocenters. The average molecular weight is 312 g/mol. The first-order valence-corrected chi connectivity index (χ1v) is 8.32. The van der Waals surface area contributed by atoms with Gasteiger partial charge >= 0.3 is 0 Å². The van der Waals surface area contributed by atoms with Crippen molar-refractivity contribution in [1.82, 2.24) is 20.0 Å². The van der Waals surface area contributed by atoms with Crippen molar-refractivity contribution in [2.24, 2.45) is 5.92 Å². The maximum absolute atomic E-state index is 13.2. The van der Waals surface area contributed by atoms with Crippen LogP contribution in [0.1, 0.15) is 23.3 Å². The van der Waals surface area contributed by atoms with Gasteiger partial charge in [-0.2, -0.15) is 5.10 Å². The third-order valence-electron chi connectivity index (χ3n) is 5.81. The van der Waals surface area contributed by atoms with E-state index in [2.05, 4.69) is 20.0 Å². The van der Waals surface area contributed by atoms with Gasteiger partial charge in [0.1, 0.15) is 5.75 Å². The van der Waals surface area contributed by atoms with Crippen LogP contribution < -0.4 is 4.74 Å². The Morgan fingerprint density at radius 1 is 1.39 bits per heavy atom. The summed E-state index contributed by atoms with van der Waals surface area (Å²) < 4.78 is 5.44. The number of H-pyrrole nitrogens is 1. The minimum Gasteiger partial charge on any atom is -0.496 e. The normalized spacial score (nSPS) is 31.8. The van der Waals surface area contributed by atoms with E-state index in [1.807, 2.05) is 18.2 Å². The van der Waals surface area contributed by atoms with Gasteiger partial charge in [-0.3, -0.25) is 14.8 Å². The third kappa shape index (κ3) is 1.78. The summed E-state index contributed by atoms with van der Waals surface area (Å²) in [5.74, 6) is 1.42. The molecule has 4 heterocycles. The lowest BCUT2D eigenvalue weighted by Gasteiger charge is -2.44. The quantitative estimate of drug-likeness (QED) is 0.913. The van der Waals surface area contributed by atoms with Crippen LogP contribution in [-0.4, -0.2) is 64.7 Å². The molecule has 6 nitrogen and oxygen atoms in total. The standard InChI is InChI=1S/C17H20N4O2/c1-23-14-4-2-3-12-15(14)16(19-18-12)17(22)21-11-7-10-5-6-20(8-11)9-13(10)21/h2-4,10-11,13H,5-9H2,1H3,(H,18,19). The number of hydrogen-bond acceptors (Lipinski definition) is 4. The molecule has 3 aliphatic heterocycles. The van der Waals surface area contributed by atoms with Gasteiger partial charge in [0.05, 0.1) is 18.0 Å². The second-order valence-corrected chi connectivity index (χ2v) is 6.93. The van der Waals surface area contributed by atoms with Crippen molar-refractivity contribution in [1.29, 1.82) is 0 Å². The molecule has 120 valence electrons. The Hall–Kier alpha value is -2.08. The minimum absolute atomic E-state index is 0.0554.